The van der Waals surface area contributed by atoms with Crippen molar-refractivity contribution in [2.75, 3.05) is 5.73 Å². The largest absolute Gasteiger partial charge is 0.460 e. The quantitative estimate of drug-likeness (QED) is 0.745. The third kappa shape index (κ3) is 4.54. The van der Waals surface area contributed by atoms with Gasteiger partial charge in [-0.1, -0.05) is 26.7 Å². The van der Waals surface area contributed by atoms with Gasteiger partial charge in [0.05, 0.1) is 6.20 Å². The van der Waals surface area contributed by atoms with Crippen LogP contribution in [0, 0.1) is 5.82 Å². The molecule has 0 spiro atoms. The van der Waals surface area contributed by atoms with E-state index in [0.717, 1.165) is 25.5 Å². The summed E-state index contributed by atoms with van der Waals surface area (Å²) >= 11 is 0. The van der Waals surface area contributed by atoms with Gasteiger partial charge in [0.15, 0.2) is 11.6 Å². The molecule has 0 aromatic carbocycles. The first-order chi connectivity index (χ1) is 8.17. The molecular weight excluding hydrogens is 221 g/mol. The zero-order valence-electron chi connectivity index (χ0n) is 10.4. The Labute approximate surface area is 101 Å². The molecule has 0 amide bonds. The van der Waals surface area contributed by atoms with Crippen LogP contribution in [0.25, 0.3) is 0 Å². The predicted molar refractivity (Wildman–Crippen MR) is 65.3 cm³/mol. The van der Waals surface area contributed by atoms with Crippen molar-refractivity contribution in [1.29, 1.82) is 0 Å². The van der Waals surface area contributed by atoms with Crippen molar-refractivity contribution < 1.29 is 9.13 Å². The van der Waals surface area contributed by atoms with Crippen LogP contribution in [-0.2, 0) is 0 Å². The first-order valence-corrected chi connectivity index (χ1v) is 6.12. The Morgan fingerprint density at radius 2 is 2.18 bits per heavy atom. The molecule has 1 atom stereocenters. The van der Waals surface area contributed by atoms with Crippen molar-refractivity contribution in [1.82, 2.24) is 9.97 Å². The van der Waals surface area contributed by atoms with Gasteiger partial charge in [-0.2, -0.15) is 4.98 Å². The van der Waals surface area contributed by atoms with Crippen molar-refractivity contribution in [3.63, 3.8) is 0 Å². The molecule has 0 aliphatic rings. The number of nitrogen functional groups attached to an aromatic ring is 1. The van der Waals surface area contributed by atoms with E-state index in [1.54, 1.807) is 0 Å². The summed E-state index contributed by atoms with van der Waals surface area (Å²) in [4.78, 5) is 7.52. The zero-order valence-corrected chi connectivity index (χ0v) is 10.4. The molecule has 0 bridgehead atoms. The van der Waals surface area contributed by atoms with E-state index in [1.165, 1.54) is 12.8 Å². The van der Waals surface area contributed by atoms with Crippen LogP contribution in [0.15, 0.2) is 6.20 Å². The molecule has 2 N–H and O–H groups in total. The van der Waals surface area contributed by atoms with Crippen LogP contribution in [-0.4, -0.2) is 16.1 Å². The summed E-state index contributed by atoms with van der Waals surface area (Å²) in [5.41, 5.74) is 5.35. The maximum absolute atomic E-state index is 12.9. The monoisotopic (exact) mass is 241 g/mol. The minimum absolute atomic E-state index is 0.0754. The fourth-order valence-electron chi connectivity index (χ4n) is 1.54. The van der Waals surface area contributed by atoms with Crippen LogP contribution in [0.3, 0.4) is 0 Å². The number of halogens is 1. The van der Waals surface area contributed by atoms with Gasteiger partial charge in [0.25, 0.3) is 0 Å². The van der Waals surface area contributed by atoms with Gasteiger partial charge in [-0.15, -0.1) is 0 Å². The standard InChI is InChI=1S/C12H20FN3O/c1-3-5-6-7-9(4-2)17-12-15-8-10(13)11(14)16-12/h8-9H,3-7H2,1-2H3,(H2,14,15,16). The summed E-state index contributed by atoms with van der Waals surface area (Å²) < 4.78 is 18.4. The number of aromatic nitrogens is 2. The fraction of sp³-hybridized carbons (Fsp3) is 0.667. The number of ether oxygens (including phenoxy) is 1. The van der Waals surface area contributed by atoms with Gasteiger partial charge in [-0.25, -0.2) is 9.37 Å². The lowest BCUT2D eigenvalue weighted by Gasteiger charge is -2.15. The summed E-state index contributed by atoms with van der Waals surface area (Å²) in [5.74, 6) is -0.783. The van der Waals surface area contributed by atoms with Gasteiger partial charge in [0.1, 0.15) is 6.10 Å². The summed E-state index contributed by atoms with van der Waals surface area (Å²) in [6.45, 7) is 4.20. The second-order valence-electron chi connectivity index (χ2n) is 4.03. The van der Waals surface area contributed by atoms with Gasteiger partial charge in [0, 0.05) is 0 Å². The topological polar surface area (TPSA) is 61.0 Å². The average molecular weight is 241 g/mol. The number of unbranched alkanes of at least 4 members (excludes halogenated alkanes) is 2. The molecule has 0 saturated carbocycles. The highest BCUT2D eigenvalue weighted by molar-refractivity contribution is 5.29. The van der Waals surface area contributed by atoms with E-state index in [0.29, 0.717) is 0 Å². The lowest BCUT2D eigenvalue weighted by atomic mass is 10.1. The van der Waals surface area contributed by atoms with Crippen molar-refractivity contribution in [2.45, 2.75) is 52.1 Å². The number of anilines is 1. The van der Waals surface area contributed by atoms with Gasteiger partial charge in [-0.05, 0) is 19.3 Å². The second kappa shape index (κ2) is 7.04. The van der Waals surface area contributed by atoms with E-state index < -0.39 is 5.82 Å². The van der Waals surface area contributed by atoms with Crippen molar-refractivity contribution in [2.24, 2.45) is 0 Å². The molecule has 0 radical (unpaired) electrons. The summed E-state index contributed by atoms with van der Waals surface area (Å²) in [6.07, 6.45) is 6.44. The average Bonchev–Trinajstić information content (AvgIpc) is 2.32. The molecule has 4 nitrogen and oxygen atoms in total. The van der Waals surface area contributed by atoms with Crippen molar-refractivity contribution in [3.8, 4) is 6.01 Å². The molecule has 0 fully saturated rings. The van der Waals surface area contributed by atoms with Crippen LogP contribution < -0.4 is 10.5 Å². The Morgan fingerprint density at radius 3 is 2.76 bits per heavy atom. The fourth-order valence-corrected chi connectivity index (χ4v) is 1.54. The Bertz CT molecular complexity index is 347. The van der Waals surface area contributed by atoms with E-state index in [4.69, 9.17) is 10.5 Å². The van der Waals surface area contributed by atoms with Gasteiger partial charge in [0.2, 0.25) is 0 Å². The first-order valence-electron chi connectivity index (χ1n) is 6.12. The van der Waals surface area contributed by atoms with Crippen LogP contribution in [0.4, 0.5) is 10.2 Å². The zero-order chi connectivity index (χ0) is 12.7. The molecule has 1 aromatic rings. The second-order valence-corrected chi connectivity index (χ2v) is 4.03. The molecule has 1 rings (SSSR count). The van der Waals surface area contributed by atoms with E-state index in [1.807, 2.05) is 6.92 Å². The maximum atomic E-state index is 12.9. The normalized spacial score (nSPS) is 12.4. The molecule has 0 aliphatic heterocycles. The highest BCUT2D eigenvalue weighted by Gasteiger charge is 2.11. The minimum Gasteiger partial charge on any atom is -0.460 e. The highest BCUT2D eigenvalue weighted by Crippen LogP contribution is 2.15. The smallest absolute Gasteiger partial charge is 0.318 e. The lowest BCUT2D eigenvalue weighted by molar-refractivity contribution is 0.167. The van der Waals surface area contributed by atoms with E-state index >= 15 is 0 Å². The lowest BCUT2D eigenvalue weighted by Crippen LogP contribution is -2.17. The van der Waals surface area contributed by atoms with Gasteiger partial charge < -0.3 is 10.5 Å². The molecule has 0 aliphatic carbocycles. The van der Waals surface area contributed by atoms with Crippen LogP contribution in [0.2, 0.25) is 0 Å². The molecular formula is C12H20FN3O. The summed E-state index contributed by atoms with van der Waals surface area (Å²) in [7, 11) is 0. The van der Waals surface area contributed by atoms with Crippen LogP contribution in [0.5, 0.6) is 6.01 Å². The third-order valence-corrected chi connectivity index (χ3v) is 2.61. The number of rotatable bonds is 7. The van der Waals surface area contributed by atoms with E-state index in [9.17, 15) is 4.39 Å². The van der Waals surface area contributed by atoms with E-state index in [-0.39, 0.29) is 17.9 Å². The third-order valence-electron chi connectivity index (χ3n) is 2.61. The molecule has 0 saturated heterocycles. The Hall–Kier alpha value is -1.39. The SMILES string of the molecule is CCCCCC(CC)Oc1ncc(F)c(N)n1. The van der Waals surface area contributed by atoms with Crippen LogP contribution >= 0.6 is 0 Å². The molecule has 17 heavy (non-hydrogen) atoms. The van der Waals surface area contributed by atoms with Gasteiger partial charge >= 0.3 is 6.01 Å². The number of hydrogen-bond donors (Lipinski definition) is 1. The molecule has 96 valence electrons. The maximum Gasteiger partial charge on any atom is 0.318 e. The number of nitrogens with zero attached hydrogens (tertiary/aromatic N) is 2. The highest BCUT2D eigenvalue weighted by atomic mass is 19.1. The minimum atomic E-state index is -0.614. The Balaban J connectivity index is 2.51. The number of hydrogen-bond acceptors (Lipinski definition) is 4. The van der Waals surface area contributed by atoms with Crippen molar-refractivity contribution >= 4 is 5.82 Å². The number of nitrogens with two attached hydrogens (primary N) is 1. The molecule has 5 heteroatoms. The van der Waals surface area contributed by atoms with Gasteiger partial charge in [-0.3, -0.25) is 0 Å². The summed E-state index contributed by atoms with van der Waals surface area (Å²) in [5, 5.41) is 0. The van der Waals surface area contributed by atoms with Crippen molar-refractivity contribution in [3.05, 3.63) is 12.0 Å². The molecule has 1 unspecified atom stereocenters. The molecule has 1 aromatic heterocycles. The Morgan fingerprint density at radius 1 is 1.41 bits per heavy atom. The summed E-state index contributed by atoms with van der Waals surface area (Å²) in [6, 6.07) is 0.159. The Kier molecular flexibility index (Phi) is 5.66. The van der Waals surface area contributed by atoms with Crippen LogP contribution in [0.1, 0.15) is 46.0 Å². The van der Waals surface area contributed by atoms with E-state index in [2.05, 4.69) is 16.9 Å². The first kappa shape index (κ1) is 13.7. The molecule has 1 heterocycles. The predicted octanol–water partition coefficient (Wildman–Crippen LogP) is 2.94.